The molecule has 1 N–H and O–H groups in total. The third-order valence-corrected chi connectivity index (χ3v) is 5.50. The Labute approximate surface area is 169 Å². The van der Waals surface area contributed by atoms with Gasteiger partial charge in [0.05, 0.1) is 19.3 Å². The van der Waals surface area contributed by atoms with Crippen molar-refractivity contribution in [3.05, 3.63) is 52.1 Å². The first kappa shape index (κ1) is 19.6. The molecule has 1 aliphatic heterocycles. The number of ether oxygens (including phenoxy) is 2. The van der Waals surface area contributed by atoms with Crippen LogP contribution >= 0.6 is 0 Å². The molecule has 0 saturated carbocycles. The average molecular weight is 397 g/mol. The number of imidazole rings is 1. The zero-order valence-corrected chi connectivity index (χ0v) is 16.9. The Kier molecular flexibility index (Phi) is 5.92. The topological polar surface area (TPSA) is 85.3 Å². The summed E-state index contributed by atoms with van der Waals surface area (Å²) in [6.45, 7) is 5.83. The van der Waals surface area contributed by atoms with Gasteiger partial charge in [0.1, 0.15) is 12.1 Å². The van der Waals surface area contributed by atoms with Gasteiger partial charge >= 0.3 is 11.7 Å². The molecule has 1 fully saturated rings. The maximum Gasteiger partial charge on any atom is 0.328 e. The first-order valence-electron chi connectivity index (χ1n) is 10.1. The zero-order chi connectivity index (χ0) is 20.2. The monoisotopic (exact) mass is 397 g/mol. The molecule has 3 aromatic rings. The van der Waals surface area contributed by atoms with Crippen molar-refractivity contribution >= 4 is 11.2 Å². The molecule has 1 aromatic carbocycles. The predicted molar refractivity (Wildman–Crippen MR) is 110 cm³/mol. The summed E-state index contributed by atoms with van der Waals surface area (Å²) in [5.41, 5.74) is 3.27. The molecular formula is C21H27N5O3. The van der Waals surface area contributed by atoms with E-state index in [9.17, 15) is 4.79 Å². The second-order valence-electron chi connectivity index (χ2n) is 7.41. The fraction of sp³-hybridized carbons (Fsp3) is 0.476. The van der Waals surface area contributed by atoms with Crippen LogP contribution in [0.25, 0.3) is 11.2 Å². The lowest BCUT2D eigenvalue weighted by Gasteiger charge is -2.24. The summed E-state index contributed by atoms with van der Waals surface area (Å²) < 4.78 is 12.1. The largest absolute Gasteiger partial charge is 0.461 e. The van der Waals surface area contributed by atoms with E-state index in [0.717, 1.165) is 5.56 Å². The smallest absolute Gasteiger partial charge is 0.328 e. The fourth-order valence-electron chi connectivity index (χ4n) is 3.79. The van der Waals surface area contributed by atoms with E-state index >= 15 is 0 Å². The summed E-state index contributed by atoms with van der Waals surface area (Å²) in [6.07, 6.45) is 4.14. The zero-order valence-electron chi connectivity index (χ0n) is 16.9. The number of benzene rings is 1. The first-order chi connectivity index (χ1) is 14.2. The molecule has 8 heteroatoms. The normalized spacial score (nSPS) is 15.8. The summed E-state index contributed by atoms with van der Waals surface area (Å²) in [5.74, 6) is 0. The maximum absolute atomic E-state index is 12.4. The molecule has 0 spiro atoms. The van der Waals surface area contributed by atoms with E-state index in [1.54, 1.807) is 17.9 Å². The predicted octanol–water partition coefficient (Wildman–Crippen LogP) is 2.35. The molecule has 0 aliphatic carbocycles. The number of aromatic amines is 1. The molecular weight excluding hydrogens is 370 g/mol. The Balaban J connectivity index is 1.53. The van der Waals surface area contributed by atoms with Crippen molar-refractivity contribution in [2.24, 2.45) is 0 Å². The van der Waals surface area contributed by atoms with Gasteiger partial charge in [-0.3, -0.25) is 9.47 Å². The van der Waals surface area contributed by atoms with E-state index in [1.165, 1.54) is 31.5 Å². The number of rotatable bonds is 8. The van der Waals surface area contributed by atoms with Gasteiger partial charge in [0, 0.05) is 13.2 Å². The number of hydrogen-bond acceptors (Lipinski definition) is 6. The molecule has 0 bridgehead atoms. The molecule has 1 aliphatic rings. The SMILES string of the molecule is COCCOc1ncc2[nH]c(=O)n(Cc3ccc([C@H](C)N4CCCC4)cc3)c2n1. The van der Waals surface area contributed by atoms with Gasteiger partial charge in [-0.15, -0.1) is 0 Å². The first-order valence-corrected chi connectivity index (χ1v) is 10.1. The third-order valence-electron chi connectivity index (χ3n) is 5.50. The van der Waals surface area contributed by atoms with Crippen molar-refractivity contribution in [2.75, 3.05) is 33.4 Å². The molecule has 0 unspecified atom stereocenters. The lowest BCUT2D eigenvalue weighted by molar-refractivity contribution is 0.141. The van der Waals surface area contributed by atoms with Gasteiger partial charge in [0.2, 0.25) is 0 Å². The summed E-state index contributed by atoms with van der Waals surface area (Å²) in [7, 11) is 1.61. The number of H-pyrrole nitrogens is 1. The van der Waals surface area contributed by atoms with Crippen LogP contribution in [-0.2, 0) is 11.3 Å². The van der Waals surface area contributed by atoms with E-state index in [-0.39, 0.29) is 11.7 Å². The minimum Gasteiger partial charge on any atom is -0.461 e. The minimum atomic E-state index is -0.210. The van der Waals surface area contributed by atoms with Crippen molar-refractivity contribution in [3.63, 3.8) is 0 Å². The van der Waals surface area contributed by atoms with Gasteiger partial charge in [-0.05, 0) is 44.0 Å². The maximum atomic E-state index is 12.4. The molecule has 29 heavy (non-hydrogen) atoms. The van der Waals surface area contributed by atoms with Crippen molar-refractivity contribution in [3.8, 4) is 6.01 Å². The number of nitrogens with zero attached hydrogens (tertiary/aromatic N) is 4. The van der Waals surface area contributed by atoms with Crippen molar-refractivity contribution in [2.45, 2.75) is 32.4 Å². The van der Waals surface area contributed by atoms with Gasteiger partial charge in [0.25, 0.3) is 0 Å². The van der Waals surface area contributed by atoms with Gasteiger partial charge in [-0.2, -0.15) is 4.98 Å². The van der Waals surface area contributed by atoms with Crippen molar-refractivity contribution < 1.29 is 9.47 Å². The number of likely N-dealkylation sites (tertiary alicyclic amines) is 1. The highest BCUT2D eigenvalue weighted by molar-refractivity contribution is 5.69. The van der Waals surface area contributed by atoms with Crippen LogP contribution in [0, 0.1) is 0 Å². The molecule has 3 heterocycles. The summed E-state index contributed by atoms with van der Waals surface area (Å²) in [4.78, 5) is 26.3. The Hall–Kier alpha value is -2.71. The van der Waals surface area contributed by atoms with E-state index < -0.39 is 0 Å². The lowest BCUT2D eigenvalue weighted by Crippen LogP contribution is -2.23. The molecule has 1 saturated heterocycles. The van der Waals surface area contributed by atoms with Crippen molar-refractivity contribution in [1.82, 2.24) is 24.4 Å². The molecule has 8 nitrogen and oxygen atoms in total. The number of aromatic nitrogens is 4. The highest BCUT2D eigenvalue weighted by atomic mass is 16.5. The molecule has 1 atom stereocenters. The van der Waals surface area contributed by atoms with Crippen LogP contribution in [0.1, 0.15) is 36.9 Å². The second-order valence-corrected chi connectivity index (χ2v) is 7.41. The van der Waals surface area contributed by atoms with E-state index in [2.05, 4.69) is 51.0 Å². The highest BCUT2D eigenvalue weighted by Crippen LogP contribution is 2.25. The van der Waals surface area contributed by atoms with E-state index in [4.69, 9.17) is 9.47 Å². The van der Waals surface area contributed by atoms with Gasteiger partial charge in [-0.1, -0.05) is 24.3 Å². The standard InChI is InChI=1S/C21H27N5O3/c1-15(25-9-3-4-10-25)17-7-5-16(6-8-17)14-26-19-18(23-21(26)27)13-22-20(24-19)29-12-11-28-2/h5-8,13,15H,3-4,9-12,14H2,1-2H3,(H,23,27)/t15-/m0/s1. The number of hydrogen-bond donors (Lipinski definition) is 1. The number of fused-ring (bicyclic) bond motifs is 1. The van der Waals surface area contributed by atoms with Gasteiger partial charge in [0.15, 0.2) is 5.65 Å². The van der Waals surface area contributed by atoms with Gasteiger partial charge < -0.3 is 14.5 Å². The Morgan fingerprint density at radius 1 is 1.17 bits per heavy atom. The Bertz CT molecular complexity index is 1010. The van der Waals surface area contributed by atoms with Crippen LogP contribution in [0.5, 0.6) is 6.01 Å². The van der Waals surface area contributed by atoms with Crippen LogP contribution in [-0.4, -0.2) is 57.8 Å². The van der Waals surface area contributed by atoms with Crippen LogP contribution in [0.2, 0.25) is 0 Å². The molecule has 154 valence electrons. The van der Waals surface area contributed by atoms with Crippen molar-refractivity contribution in [1.29, 1.82) is 0 Å². The number of methoxy groups -OCH3 is 1. The van der Waals surface area contributed by atoms with E-state index in [0.29, 0.717) is 37.0 Å². The molecule has 0 amide bonds. The second kappa shape index (κ2) is 8.75. The number of nitrogens with one attached hydrogen (secondary N) is 1. The van der Waals surface area contributed by atoms with Crippen LogP contribution in [0.4, 0.5) is 0 Å². The summed E-state index contributed by atoms with van der Waals surface area (Å²) in [5, 5.41) is 0. The lowest BCUT2D eigenvalue weighted by atomic mass is 10.0. The van der Waals surface area contributed by atoms with Crippen LogP contribution < -0.4 is 10.4 Å². The van der Waals surface area contributed by atoms with E-state index in [1.807, 2.05) is 0 Å². The quantitative estimate of drug-likeness (QED) is 0.588. The third kappa shape index (κ3) is 4.33. The average Bonchev–Trinajstić information content (AvgIpc) is 3.37. The summed E-state index contributed by atoms with van der Waals surface area (Å²) in [6, 6.07) is 9.15. The molecule has 0 radical (unpaired) electrons. The summed E-state index contributed by atoms with van der Waals surface area (Å²) >= 11 is 0. The van der Waals surface area contributed by atoms with Crippen LogP contribution in [0.15, 0.2) is 35.3 Å². The molecule has 2 aromatic heterocycles. The van der Waals surface area contributed by atoms with Gasteiger partial charge in [-0.25, -0.2) is 9.78 Å². The highest BCUT2D eigenvalue weighted by Gasteiger charge is 2.19. The molecule has 4 rings (SSSR count). The Morgan fingerprint density at radius 2 is 1.93 bits per heavy atom. The van der Waals surface area contributed by atoms with Crippen LogP contribution in [0.3, 0.4) is 0 Å². The fourth-order valence-corrected chi connectivity index (χ4v) is 3.79. The Morgan fingerprint density at radius 3 is 2.66 bits per heavy atom. The minimum absolute atomic E-state index is 0.210.